The maximum absolute atomic E-state index is 13.4. The fourth-order valence-electron chi connectivity index (χ4n) is 3.11. The number of rotatable bonds is 3. The van der Waals surface area contributed by atoms with Gasteiger partial charge in [-0.3, -0.25) is 4.79 Å². The first-order valence-electron chi connectivity index (χ1n) is 7.53. The Labute approximate surface area is 147 Å². The van der Waals surface area contributed by atoms with Crippen LogP contribution in [0.5, 0.6) is 0 Å². The topological polar surface area (TPSA) is 44.9 Å². The minimum Gasteiger partial charge on any atom is -0.361 e. The summed E-state index contributed by atoms with van der Waals surface area (Å²) in [5, 5.41) is 4.69. The van der Waals surface area contributed by atoms with E-state index in [4.69, 9.17) is 23.2 Å². The van der Waals surface area contributed by atoms with E-state index in [0.717, 1.165) is 23.8 Å². The average molecular weight is 363 g/mol. The maximum Gasteiger partial charge on any atom is 0.235 e. The van der Waals surface area contributed by atoms with Crippen LogP contribution < -0.4 is 5.32 Å². The summed E-state index contributed by atoms with van der Waals surface area (Å²) in [5.74, 6) is -0.412. The number of hydrogen-bond donors (Lipinski definition) is 2. The average Bonchev–Trinajstić information content (AvgIpc) is 3.21. The minimum absolute atomic E-state index is 0.106. The van der Waals surface area contributed by atoms with Gasteiger partial charge in [0.05, 0.1) is 5.41 Å². The van der Waals surface area contributed by atoms with Gasteiger partial charge >= 0.3 is 0 Å². The summed E-state index contributed by atoms with van der Waals surface area (Å²) in [5.41, 5.74) is 1.55. The summed E-state index contributed by atoms with van der Waals surface area (Å²) in [7, 11) is 0. The second kappa shape index (κ2) is 5.50. The highest BCUT2D eigenvalue weighted by Crippen LogP contribution is 2.51. The van der Waals surface area contributed by atoms with Crippen LogP contribution in [-0.4, -0.2) is 10.9 Å². The van der Waals surface area contributed by atoms with E-state index in [1.165, 1.54) is 12.1 Å². The summed E-state index contributed by atoms with van der Waals surface area (Å²) < 4.78 is 13.4. The Balaban J connectivity index is 1.68. The van der Waals surface area contributed by atoms with Crippen LogP contribution in [0.2, 0.25) is 10.0 Å². The molecule has 3 aromatic rings. The van der Waals surface area contributed by atoms with Gasteiger partial charge in [-0.05, 0) is 54.8 Å². The van der Waals surface area contributed by atoms with Crippen molar-refractivity contribution in [2.75, 3.05) is 5.32 Å². The van der Waals surface area contributed by atoms with Gasteiger partial charge in [-0.25, -0.2) is 4.39 Å². The predicted octanol–water partition coefficient (Wildman–Crippen LogP) is 5.28. The molecule has 0 bridgehead atoms. The molecule has 0 spiro atoms. The third-order valence-corrected chi connectivity index (χ3v) is 4.90. The molecule has 2 N–H and O–H groups in total. The zero-order chi connectivity index (χ0) is 16.9. The number of fused-ring (bicyclic) bond motifs is 1. The molecule has 4 rings (SSSR count). The van der Waals surface area contributed by atoms with E-state index in [1.807, 2.05) is 0 Å². The molecule has 6 heteroatoms. The van der Waals surface area contributed by atoms with Crippen LogP contribution in [0.1, 0.15) is 18.4 Å². The second-order valence-electron chi connectivity index (χ2n) is 6.09. The lowest BCUT2D eigenvalue weighted by Gasteiger charge is -2.15. The molecular formula is C18H13Cl2FN2O. The highest BCUT2D eigenvalue weighted by Gasteiger charge is 2.52. The molecule has 122 valence electrons. The van der Waals surface area contributed by atoms with E-state index in [2.05, 4.69) is 10.3 Å². The Morgan fingerprint density at radius 3 is 2.50 bits per heavy atom. The fourth-order valence-corrected chi connectivity index (χ4v) is 3.64. The molecule has 0 unspecified atom stereocenters. The van der Waals surface area contributed by atoms with E-state index in [0.29, 0.717) is 21.2 Å². The molecule has 1 saturated carbocycles. The van der Waals surface area contributed by atoms with Gasteiger partial charge in [-0.2, -0.15) is 0 Å². The van der Waals surface area contributed by atoms with Gasteiger partial charge < -0.3 is 10.3 Å². The van der Waals surface area contributed by atoms with Gasteiger partial charge in [0.2, 0.25) is 5.91 Å². The molecule has 1 aliphatic carbocycles. The Hall–Kier alpha value is -2.04. The molecule has 1 heterocycles. The summed E-state index contributed by atoms with van der Waals surface area (Å²) in [6.07, 6.45) is 3.29. The van der Waals surface area contributed by atoms with Crippen molar-refractivity contribution in [1.29, 1.82) is 0 Å². The molecule has 24 heavy (non-hydrogen) atoms. The van der Waals surface area contributed by atoms with E-state index in [1.54, 1.807) is 30.5 Å². The van der Waals surface area contributed by atoms with Crippen molar-refractivity contribution >= 4 is 45.7 Å². The van der Waals surface area contributed by atoms with Crippen LogP contribution in [0.25, 0.3) is 10.9 Å². The van der Waals surface area contributed by atoms with Gasteiger partial charge in [0, 0.05) is 32.8 Å². The van der Waals surface area contributed by atoms with Crippen molar-refractivity contribution in [3.63, 3.8) is 0 Å². The van der Waals surface area contributed by atoms with Gasteiger partial charge in [0.15, 0.2) is 0 Å². The number of amides is 1. The van der Waals surface area contributed by atoms with Gasteiger partial charge in [0.1, 0.15) is 5.82 Å². The monoisotopic (exact) mass is 362 g/mol. The molecule has 3 nitrogen and oxygen atoms in total. The second-order valence-corrected chi connectivity index (χ2v) is 6.96. The quantitative estimate of drug-likeness (QED) is 0.653. The number of benzene rings is 2. The number of halogens is 3. The lowest BCUT2D eigenvalue weighted by Crippen LogP contribution is -2.27. The van der Waals surface area contributed by atoms with E-state index in [9.17, 15) is 9.18 Å². The van der Waals surface area contributed by atoms with Crippen molar-refractivity contribution in [3.05, 3.63) is 64.0 Å². The van der Waals surface area contributed by atoms with E-state index >= 15 is 0 Å². The molecule has 2 aromatic carbocycles. The summed E-state index contributed by atoms with van der Waals surface area (Å²) >= 11 is 12.0. The molecule has 1 fully saturated rings. The van der Waals surface area contributed by atoms with Crippen LogP contribution in [-0.2, 0) is 10.2 Å². The molecule has 1 aromatic heterocycles. The van der Waals surface area contributed by atoms with Crippen LogP contribution in [0.15, 0.2) is 42.6 Å². The van der Waals surface area contributed by atoms with Crippen molar-refractivity contribution < 1.29 is 9.18 Å². The Morgan fingerprint density at radius 1 is 1.12 bits per heavy atom. The van der Waals surface area contributed by atoms with Crippen LogP contribution in [0.3, 0.4) is 0 Å². The number of aromatic amines is 1. The zero-order valence-electron chi connectivity index (χ0n) is 12.5. The molecule has 0 saturated heterocycles. The molecule has 1 amide bonds. The number of nitrogens with one attached hydrogen (secondary N) is 2. The Bertz CT molecular complexity index is 943. The Morgan fingerprint density at radius 2 is 1.83 bits per heavy atom. The van der Waals surface area contributed by atoms with E-state index < -0.39 is 5.41 Å². The Kier molecular flexibility index (Phi) is 3.55. The molecule has 0 radical (unpaired) electrons. The number of carbonyl (C=O) groups excluding carboxylic acids is 1. The lowest BCUT2D eigenvalue weighted by molar-refractivity contribution is -0.118. The maximum atomic E-state index is 13.4. The highest BCUT2D eigenvalue weighted by molar-refractivity contribution is 6.35. The van der Waals surface area contributed by atoms with E-state index in [-0.39, 0.29) is 11.7 Å². The van der Waals surface area contributed by atoms with Gasteiger partial charge in [0.25, 0.3) is 0 Å². The highest BCUT2D eigenvalue weighted by atomic mass is 35.5. The number of hydrogen-bond acceptors (Lipinski definition) is 1. The third-order valence-electron chi connectivity index (χ3n) is 4.46. The number of carbonyl (C=O) groups is 1. The third kappa shape index (κ3) is 2.56. The van der Waals surface area contributed by atoms with Gasteiger partial charge in [-0.1, -0.05) is 23.2 Å². The molecule has 1 aliphatic rings. The zero-order valence-corrected chi connectivity index (χ0v) is 14.0. The largest absolute Gasteiger partial charge is 0.361 e. The lowest BCUT2D eigenvalue weighted by atomic mass is 9.94. The van der Waals surface area contributed by atoms with Crippen molar-refractivity contribution in [1.82, 2.24) is 4.98 Å². The van der Waals surface area contributed by atoms with Crippen LogP contribution in [0, 0.1) is 5.82 Å². The summed E-state index contributed by atoms with van der Waals surface area (Å²) in [4.78, 5) is 15.9. The predicted molar refractivity (Wildman–Crippen MR) is 94.3 cm³/mol. The van der Waals surface area contributed by atoms with Crippen molar-refractivity contribution in [2.24, 2.45) is 0 Å². The number of H-pyrrole nitrogens is 1. The normalized spacial score (nSPS) is 15.5. The first kappa shape index (κ1) is 15.5. The molecule has 0 aliphatic heterocycles. The van der Waals surface area contributed by atoms with Crippen molar-refractivity contribution in [3.8, 4) is 0 Å². The SMILES string of the molecule is O=C(Nc1cc(Cl)cc(Cl)c1)C1(c2c[nH]c3cc(F)ccc23)CC1. The number of anilines is 1. The summed E-state index contributed by atoms with van der Waals surface area (Å²) in [6, 6.07) is 9.48. The first-order chi connectivity index (χ1) is 11.5. The first-order valence-corrected chi connectivity index (χ1v) is 8.28. The van der Waals surface area contributed by atoms with Crippen molar-refractivity contribution in [2.45, 2.75) is 18.3 Å². The fraction of sp³-hybridized carbons (Fsp3) is 0.167. The standard InChI is InChI=1S/C18H13Cl2FN2O/c19-10-5-11(20)7-13(6-10)23-17(24)18(3-4-18)15-9-22-16-8-12(21)1-2-14(15)16/h1-2,5-9,22H,3-4H2,(H,23,24). The molecular weight excluding hydrogens is 350 g/mol. The van der Waals surface area contributed by atoms with Crippen LogP contribution >= 0.6 is 23.2 Å². The van der Waals surface area contributed by atoms with Crippen LogP contribution in [0.4, 0.5) is 10.1 Å². The minimum atomic E-state index is -0.592. The molecule has 0 atom stereocenters. The summed E-state index contributed by atoms with van der Waals surface area (Å²) in [6.45, 7) is 0. The number of aromatic nitrogens is 1. The smallest absolute Gasteiger partial charge is 0.235 e. The van der Waals surface area contributed by atoms with Gasteiger partial charge in [-0.15, -0.1) is 0 Å².